The molecule has 2 rings (SSSR count). The average molecular weight is 261 g/mol. The maximum Gasteiger partial charge on any atom is 0.251 e. The smallest absolute Gasteiger partial charge is 0.251 e. The van der Waals surface area contributed by atoms with Crippen molar-refractivity contribution < 1.29 is 4.79 Å². The Kier molecular flexibility index (Phi) is 4.43. The number of amides is 1. The summed E-state index contributed by atoms with van der Waals surface area (Å²) in [5, 5.41) is 3.14. The van der Waals surface area contributed by atoms with Crippen molar-refractivity contribution in [3.63, 3.8) is 0 Å². The minimum Gasteiger partial charge on any atom is -0.349 e. The number of carbonyl (C=O) groups excluding carboxylic acids is 1. The Labute approximate surface area is 114 Å². The Morgan fingerprint density at radius 1 is 1.11 bits per heavy atom. The molecule has 0 spiro atoms. The molecular formula is C15H23N3O. The van der Waals surface area contributed by atoms with Crippen LogP contribution in [0, 0.1) is 11.8 Å². The zero-order valence-electron chi connectivity index (χ0n) is 11.6. The molecule has 104 valence electrons. The zero-order chi connectivity index (χ0) is 13.8. The molecule has 4 N–H and O–H groups in total. The summed E-state index contributed by atoms with van der Waals surface area (Å²) >= 11 is 0. The Bertz CT molecular complexity index is 420. The van der Waals surface area contributed by atoms with E-state index in [-0.39, 0.29) is 5.91 Å². The second kappa shape index (κ2) is 6.06. The number of hydrogen-bond acceptors (Lipinski definition) is 3. The molecule has 1 aromatic rings. The van der Waals surface area contributed by atoms with E-state index in [1.54, 1.807) is 24.3 Å². The fraction of sp³-hybridized carbons (Fsp3) is 0.533. The number of hydrogen-bond donors (Lipinski definition) is 3. The average Bonchev–Trinajstić information content (AvgIpc) is 2.37. The first-order valence-corrected chi connectivity index (χ1v) is 6.96. The summed E-state index contributed by atoms with van der Waals surface area (Å²) in [5.41, 5.74) is 4.04. The zero-order valence-corrected chi connectivity index (χ0v) is 11.6. The molecule has 0 saturated heterocycles. The van der Waals surface area contributed by atoms with Gasteiger partial charge in [0.05, 0.1) is 0 Å². The molecule has 1 saturated carbocycles. The summed E-state index contributed by atoms with van der Waals surface area (Å²) < 4.78 is 0. The van der Waals surface area contributed by atoms with Crippen LogP contribution in [0.25, 0.3) is 0 Å². The van der Waals surface area contributed by atoms with Crippen molar-refractivity contribution in [1.29, 1.82) is 0 Å². The third kappa shape index (κ3) is 3.70. The van der Waals surface area contributed by atoms with Crippen LogP contribution in [0.1, 0.15) is 43.5 Å². The quantitative estimate of drug-likeness (QED) is 0.578. The van der Waals surface area contributed by atoms with Crippen LogP contribution in [-0.2, 0) is 0 Å². The summed E-state index contributed by atoms with van der Waals surface area (Å²) in [5.74, 6) is 6.70. The molecule has 2 unspecified atom stereocenters. The van der Waals surface area contributed by atoms with Crippen molar-refractivity contribution in [2.45, 2.75) is 39.2 Å². The second-order valence-corrected chi connectivity index (χ2v) is 5.81. The van der Waals surface area contributed by atoms with Gasteiger partial charge < -0.3 is 10.7 Å². The molecule has 4 heteroatoms. The number of carbonyl (C=O) groups is 1. The lowest BCUT2D eigenvalue weighted by Crippen LogP contribution is -2.40. The minimum absolute atomic E-state index is 0.00914. The third-order valence-electron chi connectivity index (χ3n) is 3.83. The first kappa shape index (κ1) is 13.9. The monoisotopic (exact) mass is 261 g/mol. The molecule has 0 bridgehead atoms. The molecule has 1 aromatic carbocycles. The van der Waals surface area contributed by atoms with Gasteiger partial charge in [0.25, 0.3) is 5.91 Å². The Balaban J connectivity index is 1.96. The highest BCUT2D eigenvalue weighted by atomic mass is 16.1. The lowest BCUT2D eigenvalue weighted by Gasteiger charge is -2.32. The van der Waals surface area contributed by atoms with Gasteiger partial charge in [-0.15, -0.1) is 0 Å². The lowest BCUT2D eigenvalue weighted by atomic mass is 9.80. The fourth-order valence-electron chi connectivity index (χ4n) is 3.05. The van der Waals surface area contributed by atoms with Crippen LogP contribution in [0.4, 0.5) is 5.69 Å². The van der Waals surface area contributed by atoms with Crippen molar-refractivity contribution in [1.82, 2.24) is 5.32 Å². The summed E-state index contributed by atoms with van der Waals surface area (Å²) in [6.07, 6.45) is 3.43. The maximum absolute atomic E-state index is 12.2. The summed E-state index contributed by atoms with van der Waals surface area (Å²) in [6, 6.07) is 7.50. The van der Waals surface area contributed by atoms with E-state index in [4.69, 9.17) is 5.84 Å². The molecule has 0 radical (unpaired) electrons. The largest absolute Gasteiger partial charge is 0.349 e. The number of nitrogen functional groups attached to an aromatic ring is 1. The van der Waals surface area contributed by atoms with E-state index in [9.17, 15) is 4.79 Å². The standard InChI is InChI=1S/C15H23N3O/c1-10-7-11(2)9-14(8-10)17-15(19)12-3-5-13(18-16)6-4-12/h3-6,10-11,14,18H,7-9,16H2,1-2H3,(H,17,19). The number of benzene rings is 1. The van der Waals surface area contributed by atoms with Gasteiger partial charge in [0.2, 0.25) is 0 Å². The van der Waals surface area contributed by atoms with Crippen molar-refractivity contribution >= 4 is 11.6 Å². The van der Waals surface area contributed by atoms with E-state index in [1.807, 2.05) is 0 Å². The van der Waals surface area contributed by atoms with Crippen LogP contribution in [-0.4, -0.2) is 11.9 Å². The van der Waals surface area contributed by atoms with E-state index >= 15 is 0 Å². The molecular weight excluding hydrogens is 238 g/mol. The van der Waals surface area contributed by atoms with E-state index < -0.39 is 0 Å². The van der Waals surface area contributed by atoms with Crippen LogP contribution in [0.2, 0.25) is 0 Å². The van der Waals surface area contributed by atoms with E-state index in [0.29, 0.717) is 23.4 Å². The van der Waals surface area contributed by atoms with E-state index in [0.717, 1.165) is 18.5 Å². The summed E-state index contributed by atoms with van der Waals surface area (Å²) in [6.45, 7) is 4.52. The van der Waals surface area contributed by atoms with Gasteiger partial charge in [-0.1, -0.05) is 13.8 Å². The lowest BCUT2D eigenvalue weighted by molar-refractivity contribution is 0.0911. The Hall–Kier alpha value is -1.55. The van der Waals surface area contributed by atoms with Crippen molar-refractivity contribution in [3.05, 3.63) is 29.8 Å². The van der Waals surface area contributed by atoms with Crippen molar-refractivity contribution in [3.8, 4) is 0 Å². The molecule has 1 aliphatic rings. The molecule has 0 heterocycles. The van der Waals surface area contributed by atoms with Gasteiger partial charge in [0.1, 0.15) is 0 Å². The van der Waals surface area contributed by atoms with Crippen LogP contribution >= 0.6 is 0 Å². The summed E-state index contributed by atoms with van der Waals surface area (Å²) in [4.78, 5) is 12.2. The molecule has 2 atom stereocenters. The number of hydrazine groups is 1. The van der Waals surface area contributed by atoms with Crippen LogP contribution in [0.5, 0.6) is 0 Å². The number of nitrogens with one attached hydrogen (secondary N) is 2. The topological polar surface area (TPSA) is 67.2 Å². The van der Waals surface area contributed by atoms with Gasteiger partial charge in [0.15, 0.2) is 0 Å². The Morgan fingerprint density at radius 3 is 2.21 bits per heavy atom. The molecule has 4 nitrogen and oxygen atoms in total. The fourth-order valence-corrected chi connectivity index (χ4v) is 3.05. The normalized spacial score (nSPS) is 26.8. The SMILES string of the molecule is CC1CC(C)CC(NC(=O)c2ccc(NN)cc2)C1. The number of nitrogens with two attached hydrogens (primary N) is 1. The van der Waals surface area contributed by atoms with Gasteiger partial charge >= 0.3 is 0 Å². The highest BCUT2D eigenvalue weighted by Crippen LogP contribution is 2.28. The van der Waals surface area contributed by atoms with Crippen molar-refractivity contribution in [2.75, 3.05) is 5.43 Å². The molecule has 1 aliphatic carbocycles. The third-order valence-corrected chi connectivity index (χ3v) is 3.83. The highest BCUT2D eigenvalue weighted by Gasteiger charge is 2.25. The van der Waals surface area contributed by atoms with E-state index in [1.165, 1.54) is 6.42 Å². The second-order valence-electron chi connectivity index (χ2n) is 5.81. The predicted octanol–water partition coefficient (Wildman–Crippen LogP) is 2.53. The van der Waals surface area contributed by atoms with Gasteiger partial charge in [0, 0.05) is 17.3 Å². The van der Waals surface area contributed by atoms with Gasteiger partial charge in [-0.25, -0.2) is 0 Å². The summed E-state index contributed by atoms with van der Waals surface area (Å²) in [7, 11) is 0. The first-order valence-electron chi connectivity index (χ1n) is 6.96. The van der Waals surface area contributed by atoms with Crippen LogP contribution in [0.3, 0.4) is 0 Å². The van der Waals surface area contributed by atoms with E-state index in [2.05, 4.69) is 24.6 Å². The molecule has 0 aromatic heterocycles. The first-order chi connectivity index (χ1) is 9.08. The molecule has 19 heavy (non-hydrogen) atoms. The molecule has 0 aliphatic heterocycles. The molecule has 1 amide bonds. The number of anilines is 1. The van der Waals surface area contributed by atoms with Gasteiger partial charge in [-0.2, -0.15) is 0 Å². The Morgan fingerprint density at radius 2 is 1.68 bits per heavy atom. The minimum atomic E-state index is 0.00914. The van der Waals surface area contributed by atoms with Gasteiger partial charge in [-0.3, -0.25) is 10.6 Å². The van der Waals surface area contributed by atoms with Gasteiger partial charge in [-0.05, 0) is 55.4 Å². The van der Waals surface area contributed by atoms with Crippen molar-refractivity contribution in [2.24, 2.45) is 17.7 Å². The molecule has 1 fully saturated rings. The number of rotatable bonds is 3. The predicted molar refractivity (Wildman–Crippen MR) is 77.7 cm³/mol. The van der Waals surface area contributed by atoms with Crippen LogP contribution in [0.15, 0.2) is 24.3 Å². The highest BCUT2D eigenvalue weighted by molar-refractivity contribution is 5.94. The maximum atomic E-state index is 12.2. The van der Waals surface area contributed by atoms with Crippen LogP contribution < -0.4 is 16.6 Å².